The molecule has 0 aromatic heterocycles. The Morgan fingerprint density at radius 2 is 1.29 bits per heavy atom. The maximum absolute atomic E-state index is 10.8. The molecule has 4 nitrogen and oxygen atoms in total. The molecule has 0 aromatic carbocycles. The molecule has 0 heterocycles. The van der Waals surface area contributed by atoms with Crippen LogP contribution in [0.4, 0.5) is 0 Å². The lowest BCUT2D eigenvalue weighted by Gasteiger charge is -1.97. The van der Waals surface area contributed by atoms with Crippen LogP contribution in [0, 0.1) is 0 Å². The lowest BCUT2D eigenvalue weighted by atomic mass is 10.5. The van der Waals surface area contributed by atoms with Crippen molar-refractivity contribution in [1.29, 1.82) is 0 Å². The smallest absolute Gasteiger partial charge is 0.331 e. The minimum Gasteiger partial charge on any atom is -0.461 e. The molecule has 0 aliphatic rings. The molecule has 0 rings (SSSR count). The lowest BCUT2D eigenvalue weighted by Crippen LogP contribution is -2.06. The second-order valence-electron chi connectivity index (χ2n) is 2.05. The van der Waals surface area contributed by atoms with Gasteiger partial charge in [-0.3, -0.25) is 0 Å². The predicted octanol–water partition coefficient (Wildman–Crippen LogP) is 1.11. The van der Waals surface area contributed by atoms with E-state index in [2.05, 4.69) is 9.47 Å². The number of ether oxygens (including phenoxy) is 2. The summed E-state index contributed by atoms with van der Waals surface area (Å²) in [5.41, 5.74) is 0. The van der Waals surface area contributed by atoms with Crippen molar-refractivity contribution < 1.29 is 19.1 Å². The zero-order valence-corrected chi connectivity index (χ0v) is 8.88. The second kappa shape index (κ2) is 8.84. The van der Waals surface area contributed by atoms with Gasteiger partial charge in [0, 0.05) is 12.2 Å². The van der Waals surface area contributed by atoms with E-state index < -0.39 is 11.9 Å². The Labute approximate surface area is 91.8 Å². The summed E-state index contributed by atoms with van der Waals surface area (Å²) in [4.78, 5) is 21.6. The third-order valence-corrected chi connectivity index (χ3v) is 1.31. The third kappa shape index (κ3) is 7.89. The van der Waals surface area contributed by atoms with Crippen molar-refractivity contribution in [2.24, 2.45) is 0 Å². The molecule has 0 amide bonds. The van der Waals surface area contributed by atoms with Gasteiger partial charge in [-0.25, -0.2) is 9.59 Å². The van der Waals surface area contributed by atoms with Crippen LogP contribution in [0.3, 0.4) is 0 Å². The van der Waals surface area contributed by atoms with Gasteiger partial charge in [-0.1, -0.05) is 0 Å². The van der Waals surface area contributed by atoms with E-state index in [0.29, 0.717) is 0 Å². The number of rotatable bonds is 6. The van der Waals surface area contributed by atoms with Gasteiger partial charge in [0.25, 0.3) is 0 Å². The number of hydrogen-bond acceptors (Lipinski definition) is 4. The van der Waals surface area contributed by atoms with Gasteiger partial charge in [-0.05, 0) is 0 Å². The molecule has 0 spiro atoms. The van der Waals surface area contributed by atoms with Crippen LogP contribution in [0.15, 0.2) is 12.2 Å². The highest BCUT2D eigenvalue weighted by molar-refractivity contribution is 6.18. The first-order chi connectivity index (χ1) is 6.70. The molecule has 0 saturated carbocycles. The molecule has 0 saturated heterocycles. The van der Waals surface area contributed by atoms with Crippen molar-refractivity contribution in [3.63, 3.8) is 0 Å². The Balaban J connectivity index is 3.68. The van der Waals surface area contributed by atoms with E-state index in [4.69, 9.17) is 23.2 Å². The van der Waals surface area contributed by atoms with Crippen molar-refractivity contribution in [3.05, 3.63) is 12.2 Å². The maximum Gasteiger partial charge on any atom is 0.331 e. The van der Waals surface area contributed by atoms with Gasteiger partial charge < -0.3 is 9.47 Å². The first-order valence-electron chi connectivity index (χ1n) is 3.84. The van der Waals surface area contributed by atoms with Crippen molar-refractivity contribution in [2.75, 3.05) is 25.0 Å². The molecule has 0 N–H and O–H groups in total. The van der Waals surface area contributed by atoms with Crippen LogP contribution in [-0.2, 0) is 19.1 Å². The molecule has 6 heteroatoms. The van der Waals surface area contributed by atoms with E-state index in [0.717, 1.165) is 12.2 Å². The highest BCUT2D eigenvalue weighted by Crippen LogP contribution is 1.87. The topological polar surface area (TPSA) is 52.6 Å². The molecule has 0 aliphatic heterocycles. The molecular formula is C8H10Cl2O4. The van der Waals surface area contributed by atoms with E-state index in [9.17, 15) is 9.59 Å². The van der Waals surface area contributed by atoms with Crippen molar-refractivity contribution in [2.45, 2.75) is 0 Å². The summed E-state index contributed by atoms with van der Waals surface area (Å²) >= 11 is 10.5. The number of carbonyl (C=O) groups excluding carboxylic acids is 2. The summed E-state index contributed by atoms with van der Waals surface area (Å²) in [7, 11) is 0. The molecule has 0 unspecified atom stereocenters. The average Bonchev–Trinajstić information content (AvgIpc) is 2.20. The fraction of sp³-hybridized carbons (Fsp3) is 0.500. The Hall–Kier alpha value is -0.740. The van der Waals surface area contributed by atoms with E-state index >= 15 is 0 Å². The average molecular weight is 241 g/mol. The van der Waals surface area contributed by atoms with Gasteiger partial charge >= 0.3 is 11.9 Å². The quantitative estimate of drug-likeness (QED) is 0.397. The van der Waals surface area contributed by atoms with E-state index in [1.807, 2.05) is 0 Å². The number of esters is 2. The van der Waals surface area contributed by atoms with Gasteiger partial charge in [0.1, 0.15) is 13.2 Å². The molecule has 0 radical (unpaired) electrons. The zero-order valence-electron chi connectivity index (χ0n) is 7.37. The van der Waals surface area contributed by atoms with Crippen LogP contribution >= 0.6 is 23.2 Å². The number of halogens is 2. The minimum absolute atomic E-state index is 0.113. The molecule has 0 aromatic rings. The molecular weight excluding hydrogens is 231 g/mol. The van der Waals surface area contributed by atoms with Gasteiger partial charge in [0.15, 0.2) is 0 Å². The van der Waals surface area contributed by atoms with Gasteiger partial charge in [0.05, 0.1) is 11.8 Å². The van der Waals surface area contributed by atoms with Gasteiger partial charge in [-0.2, -0.15) is 0 Å². The predicted molar refractivity (Wildman–Crippen MR) is 52.5 cm³/mol. The molecule has 80 valence electrons. The summed E-state index contributed by atoms with van der Waals surface area (Å²) in [6, 6.07) is 0. The van der Waals surface area contributed by atoms with Crippen LogP contribution in [0.1, 0.15) is 0 Å². The van der Waals surface area contributed by atoms with Crippen LogP contribution in [0.5, 0.6) is 0 Å². The Morgan fingerprint density at radius 3 is 1.57 bits per heavy atom. The fourth-order valence-electron chi connectivity index (χ4n) is 0.511. The van der Waals surface area contributed by atoms with E-state index in [1.165, 1.54) is 0 Å². The standard InChI is InChI=1S/C8H10Cl2O4/c9-3-5-13-7(11)1-2-8(12)14-6-4-10/h1-2H,3-6H2/b2-1-. The Morgan fingerprint density at radius 1 is 0.929 bits per heavy atom. The SMILES string of the molecule is O=C(/C=C\C(=O)OCCCl)OCCCl. The highest BCUT2D eigenvalue weighted by Gasteiger charge is 1.99. The monoisotopic (exact) mass is 240 g/mol. The molecule has 0 fully saturated rings. The summed E-state index contributed by atoms with van der Waals surface area (Å²) in [5, 5.41) is 0. The summed E-state index contributed by atoms with van der Waals surface area (Å²) in [6.45, 7) is 0.225. The van der Waals surface area contributed by atoms with Crippen molar-refractivity contribution in [3.8, 4) is 0 Å². The maximum atomic E-state index is 10.8. The molecule has 0 atom stereocenters. The number of hydrogen-bond donors (Lipinski definition) is 0. The lowest BCUT2D eigenvalue weighted by molar-refractivity contribution is -0.139. The zero-order chi connectivity index (χ0) is 10.8. The number of alkyl halides is 2. The van der Waals surface area contributed by atoms with Crippen LogP contribution in [0.25, 0.3) is 0 Å². The van der Waals surface area contributed by atoms with Crippen LogP contribution in [0.2, 0.25) is 0 Å². The largest absolute Gasteiger partial charge is 0.461 e. The number of carbonyl (C=O) groups is 2. The summed E-state index contributed by atoms with van der Waals surface area (Å²) < 4.78 is 9.11. The van der Waals surface area contributed by atoms with E-state index in [1.54, 1.807) is 0 Å². The normalized spacial score (nSPS) is 10.1. The van der Waals surface area contributed by atoms with Crippen LogP contribution in [-0.4, -0.2) is 36.9 Å². The fourth-order valence-corrected chi connectivity index (χ4v) is 0.665. The second-order valence-corrected chi connectivity index (χ2v) is 2.80. The summed E-state index contributed by atoms with van der Waals surface area (Å²) in [6.07, 6.45) is 1.95. The highest BCUT2D eigenvalue weighted by atomic mass is 35.5. The van der Waals surface area contributed by atoms with Crippen LogP contribution < -0.4 is 0 Å². The van der Waals surface area contributed by atoms with Crippen molar-refractivity contribution >= 4 is 35.1 Å². The molecule has 0 bridgehead atoms. The third-order valence-electron chi connectivity index (χ3n) is 0.998. The first kappa shape index (κ1) is 13.3. The summed E-state index contributed by atoms with van der Waals surface area (Å²) in [5.74, 6) is -0.825. The molecule has 14 heavy (non-hydrogen) atoms. The first-order valence-corrected chi connectivity index (χ1v) is 4.91. The molecule has 0 aliphatic carbocycles. The Kier molecular flexibility index (Phi) is 8.37. The Bertz CT molecular complexity index is 193. The minimum atomic E-state index is -0.631. The van der Waals surface area contributed by atoms with Gasteiger partial charge in [-0.15, -0.1) is 23.2 Å². The van der Waals surface area contributed by atoms with E-state index in [-0.39, 0.29) is 25.0 Å². The van der Waals surface area contributed by atoms with Crippen molar-refractivity contribution in [1.82, 2.24) is 0 Å². The van der Waals surface area contributed by atoms with Gasteiger partial charge in [0.2, 0.25) is 0 Å².